The summed E-state index contributed by atoms with van der Waals surface area (Å²) >= 11 is 7.57. The Morgan fingerprint density at radius 2 is 2.05 bits per heavy atom. The van der Waals surface area contributed by atoms with E-state index in [1.165, 1.54) is 23.9 Å². The van der Waals surface area contributed by atoms with Gasteiger partial charge in [0.25, 0.3) is 5.91 Å². The Kier molecular flexibility index (Phi) is 4.35. The van der Waals surface area contributed by atoms with Gasteiger partial charge in [0.05, 0.1) is 10.6 Å². The van der Waals surface area contributed by atoms with Crippen molar-refractivity contribution in [3.8, 4) is 5.75 Å². The predicted octanol–water partition coefficient (Wildman–Crippen LogP) is 4.02. The molecule has 0 aliphatic heterocycles. The van der Waals surface area contributed by atoms with Crippen molar-refractivity contribution in [2.45, 2.75) is 4.90 Å². The third-order valence-corrected chi connectivity index (χ3v) is 3.58. The molecular formula is C14H12ClNO2S. The second kappa shape index (κ2) is 5.99. The number of carbonyl (C=O) groups excluding carboxylic acids is 1. The minimum atomic E-state index is -0.300. The Hall–Kier alpha value is -1.65. The lowest BCUT2D eigenvalue weighted by Crippen LogP contribution is -2.12. The van der Waals surface area contributed by atoms with Crippen LogP contribution in [0.2, 0.25) is 5.02 Å². The number of hydrogen-bond acceptors (Lipinski definition) is 3. The van der Waals surface area contributed by atoms with Crippen molar-refractivity contribution in [1.82, 2.24) is 0 Å². The molecule has 2 N–H and O–H groups in total. The number of aromatic hydroxyl groups is 1. The van der Waals surface area contributed by atoms with Crippen molar-refractivity contribution in [2.75, 3.05) is 11.6 Å². The lowest BCUT2D eigenvalue weighted by Gasteiger charge is -2.08. The number of hydrogen-bond donors (Lipinski definition) is 2. The van der Waals surface area contributed by atoms with Crippen LogP contribution < -0.4 is 5.32 Å². The average Bonchev–Trinajstić information content (AvgIpc) is 2.39. The summed E-state index contributed by atoms with van der Waals surface area (Å²) < 4.78 is 0. The van der Waals surface area contributed by atoms with Gasteiger partial charge in [0.2, 0.25) is 0 Å². The van der Waals surface area contributed by atoms with Crippen LogP contribution in [0.5, 0.6) is 5.75 Å². The molecule has 0 spiro atoms. The summed E-state index contributed by atoms with van der Waals surface area (Å²) in [5.74, 6) is -0.201. The van der Waals surface area contributed by atoms with Crippen LogP contribution in [0.4, 0.5) is 5.69 Å². The van der Waals surface area contributed by atoms with E-state index in [0.29, 0.717) is 16.3 Å². The first-order valence-electron chi connectivity index (χ1n) is 5.54. The summed E-state index contributed by atoms with van der Waals surface area (Å²) in [7, 11) is 0. The molecular weight excluding hydrogens is 282 g/mol. The number of benzene rings is 2. The zero-order valence-corrected chi connectivity index (χ0v) is 11.8. The summed E-state index contributed by atoms with van der Waals surface area (Å²) in [5, 5.41) is 12.4. The van der Waals surface area contributed by atoms with Crippen LogP contribution in [-0.4, -0.2) is 17.3 Å². The van der Waals surface area contributed by atoms with Gasteiger partial charge in [-0.1, -0.05) is 17.7 Å². The second-order valence-corrected chi connectivity index (χ2v) is 5.14. The highest BCUT2D eigenvalue weighted by Crippen LogP contribution is 2.24. The topological polar surface area (TPSA) is 49.3 Å². The number of nitrogens with one attached hydrogen (secondary N) is 1. The fourth-order valence-corrected chi connectivity index (χ4v) is 2.23. The molecule has 0 heterocycles. The Morgan fingerprint density at radius 1 is 1.26 bits per heavy atom. The van der Waals surface area contributed by atoms with Gasteiger partial charge in [0, 0.05) is 16.6 Å². The number of phenols is 1. The zero-order chi connectivity index (χ0) is 13.8. The minimum absolute atomic E-state index is 0.0989. The molecule has 98 valence electrons. The van der Waals surface area contributed by atoms with Crippen LogP contribution in [0.25, 0.3) is 0 Å². The van der Waals surface area contributed by atoms with Crippen molar-refractivity contribution < 1.29 is 9.90 Å². The summed E-state index contributed by atoms with van der Waals surface area (Å²) in [5.41, 5.74) is 0.937. The molecule has 0 fully saturated rings. The molecule has 0 saturated carbocycles. The molecule has 2 rings (SSSR count). The number of thioether (sulfide) groups is 1. The molecule has 3 nitrogen and oxygen atoms in total. The van der Waals surface area contributed by atoms with Crippen molar-refractivity contribution in [3.63, 3.8) is 0 Å². The maximum atomic E-state index is 12.1. The van der Waals surface area contributed by atoms with E-state index in [1.54, 1.807) is 24.3 Å². The lowest BCUT2D eigenvalue weighted by atomic mass is 10.2. The van der Waals surface area contributed by atoms with Gasteiger partial charge >= 0.3 is 0 Å². The van der Waals surface area contributed by atoms with E-state index in [-0.39, 0.29) is 11.7 Å². The molecule has 0 radical (unpaired) electrons. The van der Waals surface area contributed by atoms with Crippen molar-refractivity contribution in [1.29, 1.82) is 0 Å². The van der Waals surface area contributed by atoms with Crippen molar-refractivity contribution in [2.24, 2.45) is 0 Å². The van der Waals surface area contributed by atoms with E-state index in [4.69, 9.17) is 11.6 Å². The van der Waals surface area contributed by atoms with Gasteiger partial charge < -0.3 is 10.4 Å². The smallest absolute Gasteiger partial charge is 0.257 e. The maximum absolute atomic E-state index is 12.1. The zero-order valence-electron chi connectivity index (χ0n) is 10.2. The molecule has 0 aromatic heterocycles. The monoisotopic (exact) mass is 293 g/mol. The third kappa shape index (κ3) is 3.43. The highest BCUT2D eigenvalue weighted by molar-refractivity contribution is 7.98. The Bertz CT molecular complexity index is 616. The minimum Gasteiger partial charge on any atom is -0.508 e. The summed E-state index contributed by atoms with van der Waals surface area (Å²) in [6.45, 7) is 0. The number of amides is 1. The average molecular weight is 294 g/mol. The third-order valence-electron chi connectivity index (χ3n) is 2.52. The highest BCUT2D eigenvalue weighted by atomic mass is 35.5. The molecule has 5 heteroatoms. The van der Waals surface area contributed by atoms with Crippen LogP contribution in [0.3, 0.4) is 0 Å². The number of anilines is 1. The van der Waals surface area contributed by atoms with Gasteiger partial charge in [0.15, 0.2) is 0 Å². The first-order chi connectivity index (χ1) is 9.10. The van der Waals surface area contributed by atoms with E-state index in [2.05, 4.69) is 5.32 Å². The SMILES string of the molecule is CSc1ccc(Cl)c(C(=O)Nc2cccc(O)c2)c1. The first-order valence-corrected chi connectivity index (χ1v) is 7.14. The van der Waals surface area contributed by atoms with Crippen LogP contribution in [0.1, 0.15) is 10.4 Å². The van der Waals surface area contributed by atoms with Crippen molar-refractivity contribution in [3.05, 3.63) is 53.1 Å². The molecule has 0 aliphatic carbocycles. The van der Waals surface area contributed by atoms with Gasteiger partial charge in [-0.3, -0.25) is 4.79 Å². The largest absolute Gasteiger partial charge is 0.508 e. The quantitative estimate of drug-likeness (QED) is 0.840. The Morgan fingerprint density at radius 3 is 2.74 bits per heavy atom. The van der Waals surface area contributed by atoms with Gasteiger partial charge in [-0.2, -0.15) is 0 Å². The van der Waals surface area contributed by atoms with E-state index < -0.39 is 0 Å². The fourth-order valence-electron chi connectivity index (χ4n) is 1.59. The Labute approximate surface area is 120 Å². The molecule has 2 aromatic carbocycles. The van der Waals surface area contributed by atoms with Gasteiger partial charge in [-0.25, -0.2) is 0 Å². The Balaban J connectivity index is 2.25. The maximum Gasteiger partial charge on any atom is 0.257 e. The number of rotatable bonds is 3. The van der Waals surface area contributed by atoms with Crippen molar-refractivity contribution >= 4 is 35.0 Å². The molecule has 0 unspecified atom stereocenters. The highest BCUT2D eigenvalue weighted by Gasteiger charge is 2.11. The van der Waals surface area contributed by atoms with Gasteiger partial charge in [-0.15, -0.1) is 11.8 Å². The number of halogens is 1. The molecule has 0 bridgehead atoms. The number of carbonyl (C=O) groups is 1. The molecule has 0 saturated heterocycles. The van der Waals surface area contributed by atoms with Crippen LogP contribution in [-0.2, 0) is 0 Å². The molecule has 0 atom stereocenters. The first kappa shape index (κ1) is 13.8. The van der Waals surface area contributed by atoms with E-state index in [1.807, 2.05) is 12.3 Å². The van der Waals surface area contributed by atoms with Crippen LogP contribution in [0.15, 0.2) is 47.4 Å². The summed E-state index contributed by atoms with van der Waals surface area (Å²) in [6, 6.07) is 11.7. The normalized spacial score (nSPS) is 10.2. The summed E-state index contributed by atoms with van der Waals surface area (Å²) in [4.78, 5) is 13.1. The second-order valence-electron chi connectivity index (χ2n) is 3.85. The molecule has 19 heavy (non-hydrogen) atoms. The van der Waals surface area contributed by atoms with Gasteiger partial charge in [-0.05, 0) is 36.6 Å². The lowest BCUT2D eigenvalue weighted by molar-refractivity contribution is 0.102. The number of phenolic OH excluding ortho intramolecular Hbond substituents is 1. The van der Waals surface area contributed by atoms with E-state index >= 15 is 0 Å². The molecule has 1 amide bonds. The van der Waals surface area contributed by atoms with E-state index in [0.717, 1.165) is 4.90 Å². The van der Waals surface area contributed by atoms with Crippen LogP contribution >= 0.6 is 23.4 Å². The molecule has 0 aliphatic rings. The van der Waals surface area contributed by atoms with Gasteiger partial charge in [0.1, 0.15) is 5.75 Å². The van der Waals surface area contributed by atoms with E-state index in [9.17, 15) is 9.90 Å². The standard InChI is InChI=1S/C14H12ClNO2S/c1-19-11-5-6-13(15)12(8-11)14(18)16-9-3-2-4-10(17)7-9/h2-8,17H,1H3,(H,16,18). The summed E-state index contributed by atoms with van der Waals surface area (Å²) in [6.07, 6.45) is 1.93. The fraction of sp³-hybridized carbons (Fsp3) is 0.0714. The van der Waals surface area contributed by atoms with Crippen LogP contribution in [0, 0.1) is 0 Å². The predicted molar refractivity (Wildman–Crippen MR) is 79.3 cm³/mol. The molecule has 2 aromatic rings.